The van der Waals surface area contributed by atoms with Crippen LogP contribution < -0.4 is 24.7 Å². The van der Waals surface area contributed by atoms with Crippen molar-refractivity contribution < 1.29 is 18.9 Å². The van der Waals surface area contributed by atoms with Gasteiger partial charge in [0.2, 0.25) is 5.75 Å². The first kappa shape index (κ1) is 18.2. The highest BCUT2D eigenvalue weighted by Gasteiger charge is 2.11. The van der Waals surface area contributed by atoms with E-state index in [1.54, 1.807) is 40.6 Å². The molecule has 0 atom stereocenters. The molecule has 0 spiro atoms. The molecule has 124 valence electrons. The van der Waals surface area contributed by atoms with Crippen molar-refractivity contribution in [2.24, 2.45) is 0 Å². The molecule has 2 aromatic carbocycles. The summed E-state index contributed by atoms with van der Waals surface area (Å²) in [5, 5.41) is 0. The van der Waals surface area contributed by atoms with Crippen molar-refractivity contribution in [3.05, 3.63) is 48.5 Å². The molecule has 0 unspecified atom stereocenters. The number of benzene rings is 2. The summed E-state index contributed by atoms with van der Waals surface area (Å²) in [4.78, 5) is 0. The number of nitrogen functional groups attached to an aromatic ring is 1. The molecule has 0 bridgehead atoms. The Kier molecular flexibility index (Phi) is 7.33. The Morgan fingerprint density at radius 1 is 0.826 bits per heavy atom. The van der Waals surface area contributed by atoms with Crippen LogP contribution in [0.15, 0.2) is 43.0 Å². The molecule has 5 nitrogen and oxygen atoms in total. The monoisotopic (exact) mass is 317 g/mol. The molecule has 2 N–H and O–H groups in total. The number of rotatable bonds is 5. The van der Waals surface area contributed by atoms with E-state index in [1.165, 1.54) is 0 Å². The van der Waals surface area contributed by atoms with E-state index in [9.17, 15) is 0 Å². The summed E-state index contributed by atoms with van der Waals surface area (Å²) in [5.41, 5.74) is 7.12. The van der Waals surface area contributed by atoms with E-state index in [4.69, 9.17) is 24.7 Å². The van der Waals surface area contributed by atoms with Crippen LogP contribution in [-0.2, 0) is 0 Å². The van der Waals surface area contributed by atoms with Crippen molar-refractivity contribution in [3.8, 4) is 23.0 Å². The van der Waals surface area contributed by atoms with E-state index >= 15 is 0 Å². The van der Waals surface area contributed by atoms with Crippen LogP contribution >= 0.6 is 0 Å². The SMILES string of the molecule is C=Cc1cc(OC)c(OC)c(OC)c1.COc1ccccc1N. The Labute approximate surface area is 137 Å². The topological polar surface area (TPSA) is 62.9 Å². The summed E-state index contributed by atoms with van der Waals surface area (Å²) in [5.74, 6) is 2.61. The molecule has 2 rings (SSSR count). The first-order chi connectivity index (χ1) is 11.1. The van der Waals surface area contributed by atoms with E-state index in [1.807, 2.05) is 30.3 Å². The van der Waals surface area contributed by atoms with E-state index in [2.05, 4.69) is 6.58 Å². The number of para-hydroxylation sites is 2. The highest BCUT2D eigenvalue weighted by atomic mass is 16.5. The molecule has 0 aliphatic rings. The normalized spacial score (nSPS) is 9.22. The van der Waals surface area contributed by atoms with E-state index in [0.29, 0.717) is 22.9 Å². The number of methoxy groups -OCH3 is 4. The second-order valence-electron chi connectivity index (χ2n) is 4.40. The zero-order chi connectivity index (χ0) is 17.2. The average molecular weight is 317 g/mol. The molecule has 0 heterocycles. The van der Waals surface area contributed by atoms with Gasteiger partial charge >= 0.3 is 0 Å². The molecule has 23 heavy (non-hydrogen) atoms. The molecule has 0 amide bonds. The maximum absolute atomic E-state index is 5.51. The van der Waals surface area contributed by atoms with Gasteiger partial charge in [-0.05, 0) is 29.8 Å². The third kappa shape index (κ3) is 4.85. The number of hydrogen-bond acceptors (Lipinski definition) is 5. The molecular formula is C18H23NO4. The molecule has 0 aromatic heterocycles. The predicted octanol–water partition coefficient (Wildman–Crippen LogP) is 3.63. The van der Waals surface area contributed by atoms with Crippen LogP contribution in [0.25, 0.3) is 6.08 Å². The summed E-state index contributed by atoms with van der Waals surface area (Å²) in [6.45, 7) is 3.69. The van der Waals surface area contributed by atoms with Gasteiger partial charge in [-0.15, -0.1) is 0 Å². The third-order valence-corrected chi connectivity index (χ3v) is 3.06. The fraction of sp³-hybridized carbons (Fsp3) is 0.222. The first-order valence-corrected chi connectivity index (χ1v) is 6.92. The fourth-order valence-electron chi connectivity index (χ4n) is 1.89. The van der Waals surface area contributed by atoms with Gasteiger partial charge in [0, 0.05) is 0 Å². The zero-order valence-electron chi connectivity index (χ0n) is 14.0. The van der Waals surface area contributed by atoms with Gasteiger partial charge < -0.3 is 24.7 Å². The van der Waals surface area contributed by atoms with Gasteiger partial charge in [0.1, 0.15) is 5.75 Å². The maximum Gasteiger partial charge on any atom is 0.203 e. The highest BCUT2D eigenvalue weighted by molar-refractivity contribution is 5.61. The van der Waals surface area contributed by atoms with E-state index < -0.39 is 0 Å². The number of nitrogens with two attached hydrogens (primary N) is 1. The minimum Gasteiger partial charge on any atom is -0.495 e. The minimum absolute atomic E-state index is 0.598. The summed E-state index contributed by atoms with van der Waals surface area (Å²) in [6, 6.07) is 11.1. The summed E-state index contributed by atoms with van der Waals surface area (Å²) >= 11 is 0. The van der Waals surface area contributed by atoms with E-state index in [-0.39, 0.29) is 0 Å². The third-order valence-electron chi connectivity index (χ3n) is 3.06. The van der Waals surface area contributed by atoms with Gasteiger partial charge in [0.05, 0.1) is 34.1 Å². The first-order valence-electron chi connectivity index (χ1n) is 6.92. The lowest BCUT2D eigenvalue weighted by Crippen LogP contribution is -1.95. The second-order valence-corrected chi connectivity index (χ2v) is 4.40. The number of anilines is 1. The van der Waals surface area contributed by atoms with Gasteiger partial charge in [-0.3, -0.25) is 0 Å². The van der Waals surface area contributed by atoms with Crippen LogP contribution in [-0.4, -0.2) is 28.4 Å². The minimum atomic E-state index is 0.598. The second kappa shape index (κ2) is 9.25. The van der Waals surface area contributed by atoms with Gasteiger partial charge in [-0.1, -0.05) is 24.8 Å². The van der Waals surface area contributed by atoms with E-state index in [0.717, 1.165) is 11.3 Å². The summed E-state index contributed by atoms with van der Waals surface area (Å²) in [6.07, 6.45) is 1.73. The van der Waals surface area contributed by atoms with Crippen LogP contribution in [0, 0.1) is 0 Å². The smallest absolute Gasteiger partial charge is 0.203 e. The quantitative estimate of drug-likeness (QED) is 0.853. The van der Waals surface area contributed by atoms with Crippen molar-refractivity contribution in [1.29, 1.82) is 0 Å². The summed E-state index contributed by atoms with van der Waals surface area (Å²) < 4.78 is 20.4. The molecule has 0 aliphatic carbocycles. The Balaban J connectivity index is 0.000000253. The molecule has 0 saturated carbocycles. The van der Waals surface area contributed by atoms with Gasteiger partial charge in [-0.2, -0.15) is 0 Å². The van der Waals surface area contributed by atoms with Crippen molar-refractivity contribution in [2.75, 3.05) is 34.2 Å². The maximum atomic E-state index is 5.51. The number of ether oxygens (including phenoxy) is 4. The highest BCUT2D eigenvalue weighted by Crippen LogP contribution is 2.38. The molecule has 0 saturated heterocycles. The van der Waals surface area contributed by atoms with Gasteiger partial charge in [0.15, 0.2) is 11.5 Å². The Morgan fingerprint density at radius 2 is 1.35 bits per heavy atom. The molecule has 5 heteroatoms. The fourth-order valence-corrected chi connectivity index (χ4v) is 1.89. The molecule has 0 fully saturated rings. The Bertz CT molecular complexity index is 616. The van der Waals surface area contributed by atoms with Crippen LogP contribution in [0.5, 0.6) is 23.0 Å². The molecule has 0 aliphatic heterocycles. The molecule has 0 radical (unpaired) electrons. The van der Waals surface area contributed by atoms with Crippen LogP contribution in [0.4, 0.5) is 5.69 Å². The lowest BCUT2D eigenvalue weighted by molar-refractivity contribution is 0.324. The van der Waals surface area contributed by atoms with Gasteiger partial charge in [0.25, 0.3) is 0 Å². The molecule has 2 aromatic rings. The molecular weight excluding hydrogens is 294 g/mol. The lowest BCUT2D eigenvalue weighted by Gasteiger charge is -2.12. The largest absolute Gasteiger partial charge is 0.495 e. The van der Waals surface area contributed by atoms with Crippen molar-refractivity contribution in [3.63, 3.8) is 0 Å². The average Bonchev–Trinajstić information content (AvgIpc) is 2.61. The Morgan fingerprint density at radius 3 is 1.70 bits per heavy atom. The lowest BCUT2D eigenvalue weighted by atomic mass is 10.2. The van der Waals surface area contributed by atoms with Crippen molar-refractivity contribution in [2.45, 2.75) is 0 Å². The number of hydrogen-bond donors (Lipinski definition) is 1. The summed E-state index contributed by atoms with van der Waals surface area (Å²) in [7, 11) is 6.36. The predicted molar refractivity (Wildman–Crippen MR) is 93.6 cm³/mol. The zero-order valence-corrected chi connectivity index (χ0v) is 14.0. The Hall–Kier alpha value is -2.82. The van der Waals surface area contributed by atoms with Gasteiger partial charge in [-0.25, -0.2) is 0 Å². The van der Waals surface area contributed by atoms with Crippen molar-refractivity contribution >= 4 is 11.8 Å². The standard InChI is InChI=1S/C11H14O3.C7H9NO/c1-5-8-6-9(12-2)11(14-4)10(7-8)13-3;1-9-7-5-3-2-4-6(7)8/h5-7H,1H2,2-4H3;2-5H,8H2,1H3. The van der Waals surface area contributed by atoms with Crippen LogP contribution in [0.1, 0.15) is 5.56 Å². The van der Waals surface area contributed by atoms with Crippen LogP contribution in [0.2, 0.25) is 0 Å². The van der Waals surface area contributed by atoms with Crippen LogP contribution in [0.3, 0.4) is 0 Å². The van der Waals surface area contributed by atoms with Crippen molar-refractivity contribution in [1.82, 2.24) is 0 Å².